The molecule has 4 heteroatoms. The molecule has 1 aliphatic heterocycles. The van der Waals surface area contributed by atoms with E-state index in [4.69, 9.17) is 0 Å². The van der Waals surface area contributed by atoms with Crippen molar-refractivity contribution in [2.45, 2.75) is 32.6 Å². The van der Waals surface area contributed by atoms with Gasteiger partial charge in [-0.25, -0.2) is 0 Å². The Morgan fingerprint density at radius 3 is 2.75 bits per heavy atom. The van der Waals surface area contributed by atoms with E-state index in [0.29, 0.717) is 18.7 Å². The van der Waals surface area contributed by atoms with Crippen molar-refractivity contribution in [1.82, 2.24) is 10.2 Å². The van der Waals surface area contributed by atoms with Gasteiger partial charge in [0.05, 0.1) is 6.54 Å². The van der Waals surface area contributed by atoms with Crippen molar-refractivity contribution in [2.24, 2.45) is 0 Å². The number of benzene rings is 1. The number of carbonyl (C=O) groups is 2. The molecule has 1 saturated heterocycles. The van der Waals surface area contributed by atoms with E-state index in [1.54, 1.807) is 4.90 Å². The Hall–Kier alpha value is -1.84. The molecule has 1 aromatic carbocycles. The molecule has 20 heavy (non-hydrogen) atoms. The summed E-state index contributed by atoms with van der Waals surface area (Å²) in [5.74, 6) is -0.125. The predicted octanol–water partition coefficient (Wildman–Crippen LogP) is 1.99. The van der Waals surface area contributed by atoms with Crippen molar-refractivity contribution >= 4 is 11.8 Å². The van der Waals surface area contributed by atoms with E-state index in [1.165, 1.54) is 18.4 Å². The van der Waals surface area contributed by atoms with E-state index < -0.39 is 0 Å². The number of aryl methyl sites for hydroxylation is 1. The first-order chi connectivity index (χ1) is 9.70. The van der Waals surface area contributed by atoms with E-state index >= 15 is 0 Å². The van der Waals surface area contributed by atoms with Crippen molar-refractivity contribution in [2.75, 3.05) is 19.6 Å². The van der Waals surface area contributed by atoms with Crippen LogP contribution in [0.25, 0.3) is 0 Å². The van der Waals surface area contributed by atoms with Gasteiger partial charge in [-0.15, -0.1) is 0 Å². The van der Waals surface area contributed by atoms with E-state index in [1.807, 2.05) is 24.3 Å². The summed E-state index contributed by atoms with van der Waals surface area (Å²) in [6.07, 6.45) is 4.20. The van der Waals surface area contributed by atoms with Gasteiger partial charge in [-0.1, -0.05) is 25.5 Å². The molecule has 1 heterocycles. The fourth-order valence-electron chi connectivity index (χ4n) is 2.36. The molecule has 0 atom stereocenters. The molecule has 2 amide bonds. The van der Waals surface area contributed by atoms with Gasteiger partial charge in [-0.2, -0.15) is 0 Å². The van der Waals surface area contributed by atoms with Gasteiger partial charge < -0.3 is 10.2 Å². The minimum Gasteiger partial charge on any atom is -0.354 e. The van der Waals surface area contributed by atoms with Crippen LogP contribution in [0, 0.1) is 0 Å². The van der Waals surface area contributed by atoms with Crippen LogP contribution in [0.2, 0.25) is 0 Å². The smallest absolute Gasteiger partial charge is 0.254 e. The number of unbranched alkanes of at least 4 members (excludes halogenated alkanes) is 1. The highest BCUT2D eigenvalue weighted by molar-refractivity contribution is 5.96. The van der Waals surface area contributed by atoms with Gasteiger partial charge in [0.25, 0.3) is 5.91 Å². The molecule has 4 nitrogen and oxygen atoms in total. The van der Waals surface area contributed by atoms with Gasteiger partial charge in [0.15, 0.2) is 0 Å². The zero-order chi connectivity index (χ0) is 14.4. The maximum absolute atomic E-state index is 12.4. The third-order valence-electron chi connectivity index (χ3n) is 3.57. The summed E-state index contributed by atoms with van der Waals surface area (Å²) in [4.78, 5) is 25.5. The average molecular weight is 274 g/mol. The average Bonchev–Trinajstić information content (AvgIpc) is 2.69. The second kappa shape index (κ2) is 7.08. The van der Waals surface area contributed by atoms with Crippen LogP contribution < -0.4 is 5.32 Å². The lowest BCUT2D eigenvalue weighted by molar-refractivity contribution is -0.121. The van der Waals surface area contributed by atoms with Gasteiger partial charge in [-0.05, 0) is 37.0 Å². The summed E-state index contributed by atoms with van der Waals surface area (Å²) >= 11 is 0. The normalized spacial score (nSPS) is 15.7. The van der Waals surface area contributed by atoms with Crippen molar-refractivity contribution in [3.63, 3.8) is 0 Å². The van der Waals surface area contributed by atoms with E-state index in [-0.39, 0.29) is 18.4 Å². The van der Waals surface area contributed by atoms with E-state index in [0.717, 1.165) is 12.8 Å². The molecular formula is C16H22N2O2. The van der Waals surface area contributed by atoms with Gasteiger partial charge in [0, 0.05) is 18.7 Å². The lowest BCUT2D eigenvalue weighted by atomic mass is 10.1. The zero-order valence-corrected chi connectivity index (χ0v) is 12.0. The molecule has 0 radical (unpaired) electrons. The topological polar surface area (TPSA) is 49.4 Å². The number of nitrogens with zero attached hydrogens (tertiary/aromatic N) is 1. The third kappa shape index (κ3) is 3.83. The van der Waals surface area contributed by atoms with Crippen LogP contribution in [-0.4, -0.2) is 36.3 Å². The minimum atomic E-state index is -0.0737. The lowest BCUT2D eigenvalue weighted by Crippen LogP contribution is -2.37. The molecule has 108 valence electrons. The highest BCUT2D eigenvalue weighted by Gasteiger charge is 2.20. The SMILES string of the molecule is CCCCc1ccc(C(=O)N2CCCNC(=O)C2)cc1. The van der Waals surface area contributed by atoms with Crippen LogP contribution in [0.5, 0.6) is 0 Å². The fourth-order valence-corrected chi connectivity index (χ4v) is 2.36. The molecule has 1 fully saturated rings. The second-order valence-corrected chi connectivity index (χ2v) is 5.23. The highest BCUT2D eigenvalue weighted by atomic mass is 16.2. The molecule has 0 unspecified atom stereocenters. The molecule has 1 aromatic rings. The third-order valence-corrected chi connectivity index (χ3v) is 3.57. The summed E-state index contributed by atoms with van der Waals surface area (Å²) in [5.41, 5.74) is 1.93. The molecule has 2 rings (SSSR count). The van der Waals surface area contributed by atoms with Crippen LogP contribution in [-0.2, 0) is 11.2 Å². The number of nitrogens with one attached hydrogen (secondary N) is 1. The number of rotatable bonds is 4. The van der Waals surface area contributed by atoms with Crippen LogP contribution in [0.3, 0.4) is 0 Å². The van der Waals surface area contributed by atoms with Crippen LogP contribution in [0.1, 0.15) is 42.1 Å². The van der Waals surface area contributed by atoms with Crippen molar-refractivity contribution in [3.8, 4) is 0 Å². The van der Waals surface area contributed by atoms with Gasteiger partial charge in [-0.3, -0.25) is 9.59 Å². The van der Waals surface area contributed by atoms with E-state index in [9.17, 15) is 9.59 Å². The monoisotopic (exact) mass is 274 g/mol. The summed E-state index contributed by atoms with van der Waals surface area (Å²) in [7, 11) is 0. The Kier molecular flexibility index (Phi) is 5.16. The minimum absolute atomic E-state index is 0.0518. The second-order valence-electron chi connectivity index (χ2n) is 5.23. The van der Waals surface area contributed by atoms with Crippen molar-refractivity contribution < 1.29 is 9.59 Å². The molecule has 1 aliphatic rings. The first-order valence-electron chi connectivity index (χ1n) is 7.35. The first kappa shape index (κ1) is 14.6. The summed E-state index contributed by atoms with van der Waals surface area (Å²) in [6, 6.07) is 7.77. The Balaban J connectivity index is 2.02. The van der Waals surface area contributed by atoms with E-state index in [2.05, 4.69) is 12.2 Å². The Labute approximate surface area is 120 Å². The quantitative estimate of drug-likeness (QED) is 0.913. The number of carbonyl (C=O) groups excluding carboxylic acids is 2. The molecule has 0 aliphatic carbocycles. The van der Waals surface area contributed by atoms with Gasteiger partial charge in [0.2, 0.25) is 5.91 Å². The van der Waals surface area contributed by atoms with Crippen LogP contribution >= 0.6 is 0 Å². The molecule has 0 spiro atoms. The molecule has 0 saturated carbocycles. The summed E-state index contributed by atoms with van der Waals surface area (Å²) < 4.78 is 0. The van der Waals surface area contributed by atoms with Crippen molar-refractivity contribution in [3.05, 3.63) is 35.4 Å². The zero-order valence-electron chi connectivity index (χ0n) is 12.0. The molecular weight excluding hydrogens is 252 g/mol. The Bertz CT molecular complexity index is 468. The Morgan fingerprint density at radius 1 is 1.30 bits per heavy atom. The molecule has 1 N–H and O–H groups in total. The summed E-state index contributed by atoms with van der Waals surface area (Å²) in [5, 5.41) is 2.78. The number of amides is 2. The van der Waals surface area contributed by atoms with Crippen LogP contribution in [0.4, 0.5) is 0 Å². The largest absolute Gasteiger partial charge is 0.354 e. The Morgan fingerprint density at radius 2 is 2.05 bits per heavy atom. The summed E-state index contributed by atoms with van der Waals surface area (Å²) in [6.45, 7) is 3.62. The number of hydrogen-bond acceptors (Lipinski definition) is 2. The molecule has 0 bridgehead atoms. The van der Waals surface area contributed by atoms with Gasteiger partial charge in [0.1, 0.15) is 0 Å². The number of hydrogen-bond donors (Lipinski definition) is 1. The van der Waals surface area contributed by atoms with Crippen molar-refractivity contribution in [1.29, 1.82) is 0 Å². The molecule has 0 aromatic heterocycles. The lowest BCUT2D eigenvalue weighted by Gasteiger charge is -2.19. The maximum atomic E-state index is 12.4. The standard InChI is InChI=1S/C16H22N2O2/c1-2-3-5-13-6-8-14(9-7-13)16(20)18-11-4-10-17-15(19)12-18/h6-9H,2-5,10-12H2,1H3,(H,17,19). The fraction of sp³-hybridized carbons (Fsp3) is 0.500. The van der Waals surface area contributed by atoms with Crippen LogP contribution in [0.15, 0.2) is 24.3 Å². The predicted molar refractivity (Wildman–Crippen MR) is 78.6 cm³/mol. The maximum Gasteiger partial charge on any atom is 0.254 e. The first-order valence-corrected chi connectivity index (χ1v) is 7.35. The van der Waals surface area contributed by atoms with Gasteiger partial charge >= 0.3 is 0 Å². The highest BCUT2D eigenvalue weighted by Crippen LogP contribution is 2.11.